The Morgan fingerprint density at radius 1 is 0.750 bits per heavy atom. The van der Waals surface area contributed by atoms with E-state index >= 15 is 0 Å². The van der Waals surface area contributed by atoms with Crippen molar-refractivity contribution in [2.75, 3.05) is 0 Å². The summed E-state index contributed by atoms with van der Waals surface area (Å²) in [5.41, 5.74) is 4.49. The van der Waals surface area contributed by atoms with Gasteiger partial charge in [-0.2, -0.15) is 0 Å². The van der Waals surface area contributed by atoms with Crippen LogP contribution in [-0.2, 0) is 28.7 Å². The first kappa shape index (κ1) is 45.1. The third-order valence-electron chi connectivity index (χ3n) is 7.88. The van der Waals surface area contributed by atoms with Crippen molar-refractivity contribution in [2.24, 2.45) is 10.8 Å². The van der Waals surface area contributed by atoms with Gasteiger partial charge in [-0.15, -0.1) is 6.58 Å². The molecular weight excluding hydrogens is 728 g/mol. The molecule has 0 saturated heterocycles. The Morgan fingerprint density at radius 3 is 1.56 bits per heavy atom. The second-order valence-corrected chi connectivity index (χ2v) is 14.2. The molecule has 0 unspecified atom stereocenters. The summed E-state index contributed by atoms with van der Waals surface area (Å²) >= 11 is 3.46. The maximum absolute atomic E-state index is 11.2. The van der Waals surface area contributed by atoms with Crippen molar-refractivity contribution in [3.8, 4) is 0 Å². The highest BCUT2D eigenvalue weighted by molar-refractivity contribution is 9.10. The maximum atomic E-state index is 11.2. The van der Waals surface area contributed by atoms with Crippen LogP contribution in [0.15, 0.2) is 71.7 Å². The smallest absolute Gasteiger partial charge is 0.312 e. The number of carboxylic acid groups (broad SMARTS) is 2. The van der Waals surface area contributed by atoms with E-state index in [2.05, 4.69) is 38.5 Å². The van der Waals surface area contributed by atoms with Gasteiger partial charge in [-0.1, -0.05) is 59.8 Å². The fraction of sp³-hybridized carbons (Fsp3) is 0.366. The number of halogens is 1. The minimum atomic E-state index is -0.942. The third kappa shape index (κ3) is 13.0. The normalized spacial score (nSPS) is 12.3. The Kier molecular flexibility index (Phi) is 16.6. The van der Waals surface area contributed by atoms with Gasteiger partial charge in [0.25, 0.3) is 0 Å². The van der Waals surface area contributed by atoms with Gasteiger partial charge in [-0.05, 0) is 102 Å². The van der Waals surface area contributed by atoms with Crippen LogP contribution in [0.1, 0.15) is 103 Å². The standard InChI is InChI=1S/C20H23NO4.C14H14BrNO2.C6H10O2.CH4/c1-12-10-15(8-9-20(4,5)19(23)24)11-18-16(12)6-7-17(21-18)13(2)25-14(3)22;1-8-6-11(15)7-14-12(8)4-5-13(16-14)9(2)18-10(3)17;1-4-6(2,3)5(7)8;/h6-11,13H,1-5H3,(H,23,24);4-7,9H,1-3H3;4H,1H2,2-3H3,(H,7,8);1H4/b9-8+;;;/t13-;9-;;/m11../s1. The van der Waals surface area contributed by atoms with E-state index in [0.29, 0.717) is 5.69 Å². The average Bonchev–Trinajstić information content (AvgIpc) is 3.03. The van der Waals surface area contributed by atoms with Crippen molar-refractivity contribution in [3.63, 3.8) is 0 Å². The summed E-state index contributed by atoms with van der Waals surface area (Å²) in [5.74, 6) is -2.36. The van der Waals surface area contributed by atoms with Crippen molar-refractivity contribution in [3.05, 3.63) is 99.8 Å². The van der Waals surface area contributed by atoms with E-state index in [4.69, 9.17) is 14.6 Å². The number of nitrogens with zero attached hydrogens (tertiary/aromatic N) is 2. The van der Waals surface area contributed by atoms with Crippen molar-refractivity contribution in [2.45, 2.75) is 88.9 Å². The van der Waals surface area contributed by atoms with Gasteiger partial charge in [0.1, 0.15) is 12.2 Å². The molecule has 52 heavy (non-hydrogen) atoms. The summed E-state index contributed by atoms with van der Waals surface area (Å²) in [6.45, 7) is 20.3. The quantitative estimate of drug-likeness (QED) is 0.124. The van der Waals surface area contributed by atoms with Gasteiger partial charge in [0.15, 0.2) is 0 Å². The van der Waals surface area contributed by atoms with Crippen LogP contribution < -0.4 is 0 Å². The number of carbonyl (C=O) groups is 4. The molecule has 11 heteroatoms. The highest BCUT2D eigenvalue weighted by atomic mass is 79.9. The van der Waals surface area contributed by atoms with Gasteiger partial charge < -0.3 is 19.7 Å². The van der Waals surface area contributed by atoms with E-state index < -0.39 is 28.9 Å². The zero-order valence-electron chi connectivity index (χ0n) is 30.8. The minimum Gasteiger partial charge on any atom is -0.481 e. The lowest BCUT2D eigenvalue weighted by atomic mass is 9.92. The summed E-state index contributed by atoms with van der Waals surface area (Å²) in [6.07, 6.45) is 4.12. The SMILES string of the molecule is C.C=CC(C)(C)C(=O)O.CC(=O)O[C@H](C)c1ccc2c(C)cc(/C=C/C(C)(C)C(=O)O)cc2n1.CC(=O)O[C@H](C)c1ccc2c(C)cc(Br)cc2n1. The fourth-order valence-corrected chi connectivity index (χ4v) is 5.04. The highest BCUT2D eigenvalue weighted by Crippen LogP contribution is 2.27. The molecule has 0 spiro atoms. The summed E-state index contributed by atoms with van der Waals surface area (Å²) in [6, 6.07) is 15.6. The number of pyridine rings is 2. The topological polar surface area (TPSA) is 153 Å². The molecule has 10 nitrogen and oxygen atoms in total. The number of hydrogen-bond acceptors (Lipinski definition) is 8. The molecule has 4 rings (SSSR count). The number of esters is 2. The van der Waals surface area contributed by atoms with Gasteiger partial charge >= 0.3 is 23.9 Å². The number of aromatic nitrogens is 2. The van der Waals surface area contributed by atoms with Crippen molar-refractivity contribution >= 4 is 67.7 Å². The Balaban J connectivity index is 0.000000437. The van der Waals surface area contributed by atoms with Gasteiger partial charge in [0.05, 0.1) is 33.3 Å². The lowest BCUT2D eigenvalue weighted by Crippen LogP contribution is -2.20. The van der Waals surface area contributed by atoms with Crippen molar-refractivity contribution in [1.29, 1.82) is 0 Å². The molecular formula is C41H51BrN2O8. The zero-order chi connectivity index (χ0) is 38.8. The van der Waals surface area contributed by atoms with E-state index in [1.54, 1.807) is 46.8 Å². The van der Waals surface area contributed by atoms with Crippen LogP contribution in [0.3, 0.4) is 0 Å². The van der Waals surface area contributed by atoms with Crippen LogP contribution in [0.25, 0.3) is 27.9 Å². The lowest BCUT2D eigenvalue weighted by Gasteiger charge is -2.14. The summed E-state index contributed by atoms with van der Waals surface area (Å²) in [7, 11) is 0. The first-order valence-corrected chi connectivity index (χ1v) is 17.0. The summed E-state index contributed by atoms with van der Waals surface area (Å²) in [5, 5.41) is 19.7. The number of carbonyl (C=O) groups excluding carboxylic acids is 2. The number of fused-ring (bicyclic) bond motifs is 2. The van der Waals surface area contributed by atoms with Crippen LogP contribution in [0, 0.1) is 24.7 Å². The molecule has 4 aromatic rings. The van der Waals surface area contributed by atoms with Gasteiger partial charge in [-0.25, -0.2) is 9.97 Å². The molecule has 0 aliphatic heterocycles. The van der Waals surface area contributed by atoms with Crippen LogP contribution in [0.2, 0.25) is 0 Å². The summed E-state index contributed by atoms with van der Waals surface area (Å²) in [4.78, 5) is 52.6. The molecule has 2 atom stereocenters. The Hall–Kier alpha value is -4.90. The molecule has 0 bridgehead atoms. The second-order valence-electron chi connectivity index (χ2n) is 13.3. The molecule has 2 aromatic carbocycles. The first-order chi connectivity index (χ1) is 23.6. The molecule has 280 valence electrons. The Morgan fingerprint density at radius 2 is 1.17 bits per heavy atom. The number of hydrogen-bond donors (Lipinski definition) is 2. The van der Waals surface area contributed by atoms with Crippen LogP contribution in [0.4, 0.5) is 0 Å². The predicted molar refractivity (Wildman–Crippen MR) is 210 cm³/mol. The van der Waals surface area contributed by atoms with Gasteiger partial charge in [0.2, 0.25) is 0 Å². The number of rotatable bonds is 9. The summed E-state index contributed by atoms with van der Waals surface area (Å²) < 4.78 is 11.3. The number of carboxylic acids is 2. The lowest BCUT2D eigenvalue weighted by molar-refractivity contribution is -0.147. The Bertz CT molecular complexity index is 1970. The zero-order valence-corrected chi connectivity index (χ0v) is 32.4. The average molecular weight is 780 g/mol. The van der Waals surface area contributed by atoms with E-state index in [-0.39, 0.29) is 25.5 Å². The number of aryl methyl sites for hydroxylation is 2. The number of aliphatic carboxylic acids is 2. The van der Waals surface area contributed by atoms with E-state index in [1.165, 1.54) is 25.5 Å². The van der Waals surface area contributed by atoms with Crippen molar-refractivity contribution in [1.82, 2.24) is 9.97 Å². The molecule has 2 aromatic heterocycles. The molecule has 0 aliphatic rings. The third-order valence-corrected chi connectivity index (χ3v) is 8.34. The minimum absolute atomic E-state index is 0. The van der Waals surface area contributed by atoms with Crippen LogP contribution >= 0.6 is 15.9 Å². The molecule has 0 saturated carbocycles. The van der Waals surface area contributed by atoms with Crippen LogP contribution in [-0.4, -0.2) is 44.1 Å². The monoisotopic (exact) mass is 778 g/mol. The molecule has 2 heterocycles. The van der Waals surface area contributed by atoms with Gasteiger partial charge in [-0.3, -0.25) is 19.2 Å². The predicted octanol–water partition coefficient (Wildman–Crippen LogP) is 10.1. The van der Waals surface area contributed by atoms with E-state index in [9.17, 15) is 24.3 Å². The van der Waals surface area contributed by atoms with E-state index in [1.807, 2.05) is 63.2 Å². The molecule has 0 amide bonds. The number of ether oxygens (including phenoxy) is 2. The highest BCUT2D eigenvalue weighted by Gasteiger charge is 2.23. The molecule has 2 N–H and O–H groups in total. The fourth-order valence-electron chi connectivity index (χ4n) is 4.48. The van der Waals surface area contributed by atoms with Crippen LogP contribution in [0.5, 0.6) is 0 Å². The largest absolute Gasteiger partial charge is 0.481 e. The first-order valence-electron chi connectivity index (χ1n) is 16.2. The maximum Gasteiger partial charge on any atom is 0.312 e. The second kappa shape index (κ2) is 19.1. The number of benzene rings is 2. The van der Waals surface area contributed by atoms with Gasteiger partial charge in [0, 0.05) is 29.1 Å². The van der Waals surface area contributed by atoms with E-state index in [0.717, 1.165) is 43.1 Å². The van der Waals surface area contributed by atoms with Crippen molar-refractivity contribution < 1.29 is 38.9 Å². The molecule has 0 fully saturated rings. The molecule has 0 aliphatic carbocycles. The molecule has 0 radical (unpaired) electrons. The Labute approximate surface area is 315 Å².